The number of rotatable bonds is 4. The van der Waals surface area contributed by atoms with Gasteiger partial charge in [0.25, 0.3) is 11.8 Å². The number of benzene rings is 1. The minimum absolute atomic E-state index is 0.104. The molecule has 7 heteroatoms. The summed E-state index contributed by atoms with van der Waals surface area (Å²) >= 11 is 1.66. The van der Waals surface area contributed by atoms with Crippen LogP contribution in [-0.4, -0.2) is 22.7 Å². The smallest absolute Gasteiger partial charge is 0.255 e. The number of aromatic nitrogens is 2. The Morgan fingerprint density at radius 1 is 1.39 bits per heavy atom. The number of hydrogen-bond donors (Lipinski definition) is 1. The number of nitrogens with zero attached hydrogens (tertiary/aromatic N) is 2. The van der Waals surface area contributed by atoms with Crippen LogP contribution in [0.5, 0.6) is 0 Å². The molecule has 1 amide bonds. The van der Waals surface area contributed by atoms with E-state index in [0.717, 1.165) is 24.8 Å². The van der Waals surface area contributed by atoms with Crippen molar-refractivity contribution in [2.75, 3.05) is 6.61 Å². The van der Waals surface area contributed by atoms with E-state index in [2.05, 4.69) is 15.5 Å². The molecular formula is C16H15N3O3S. The third kappa shape index (κ3) is 2.97. The van der Waals surface area contributed by atoms with Gasteiger partial charge in [0, 0.05) is 16.9 Å². The highest BCUT2D eigenvalue weighted by molar-refractivity contribution is 7.17. The summed E-state index contributed by atoms with van der Waals surface area (Å²) < 4.78 is 11.9. The van der Waals surface area contributed by atoms with E-state index < -0.39 is 0 Å². The summed E-state index contributed by atoms with van der Waals surface area (Å²) in [5.74, 6) is 0.800. The first kappa shape index (κ1) is 14.3. The van der Waals surface area contributed by atoms with Gasteiger partial charge >= 0.3 is 0 Å². The van der Waals surface area contributed by atoms with Crippen molar-refractivity contribution in [3.05, 3.63) is 46.9 Å². The van der Waals surface area contributed by atoms with Crippen LogP contribution in [-0.2, 0) is 11.3 Å². The highest BCUT2D eigenvalue weighted by Crippen LogP contribution is 2.27. The topological polar surface area (TPSA) is 77.2 Å². The van der Waals surface area contributed by atoms with Crippen molar-refractivity contribution in [2.24, 2.45) is 0 Å². The molecule has 0 unspecified atom stereocenters. The minimum atomic E-state index is -0.151. The number of amides is 1. The first-order valence-electron chi connectivity index (χ1n) is 7.49. The standard InChI is InChI=1S/C16H15N3O3S/c20-15(11-3-4-13-10(8-11)5-7-23-13)17-9-14-18-16(22-19-14)12-2-1-6-21-12/h3-5,7-8,12H,1-2,6,9H2,(H,17,20)/t12-/m1/s1. The summed E-state index contributed by atoms with van der Waals surface area (Å²) in [4.78, 5) is 16.5. The van der Waals surface area contributed by atoms with Crippen LogP contribution in [0.2, 0.25) is 0 Å². The molecule has 1 atom stereocenters. The Kier molecular flexibility index (Phi) is 3.80. The van der Waals surface area contributed by atoms with Crippen LogP contribution in [0.4, 0.5) is 0 Å². The molecule has 1 N–H and O–H groups in total. The fraction of sp³-hybridized carbons (Fsp3) is 0.312. The Bertz CT molecular complexity index is 836. The molecule has 2 aromatic heterocycles. The molecule has 118 valence electrons. The fourth-order valence-electron chi connectivity index (χ4n) is 2.61. The molecule has 0 saturated carbocycles. The van der Waals surface area contributed by atoms with Gasteiger partial charge in [-0.2, -0.15) is 4.98 Å². The van der Waals surface area contributed by atoms with E-state index in [1.165, 1.54) is 4.70 Å². The number of thiophene rings is 1. The number of ether oxygens (including phenoxy) is 1. The van der Waals surface area contributed by atoms with Crippen LogP contribution in [0.1, 0.15) is 41.0 Å². The Balaban J connectivity index is 1.40. The lowest BCUT2D eigenvalue weighted by Gasteiger charge is -2.03. The number of fused-ring (bicyclic) bond motifs is 1. The van der Waals surface area contributed by atoms with Gasteiger partial charge in [0.15, 0.2) is 5.82 Å². The predicted molar refractivity (Wildman–Crippen MR) is 85.2 cm³/mol. The third-order valence-electron chi connectivity index (χ3n) is 3.81. The first-order valence-corrected chi connectivity index (χ1v) is 8.37. The summed E-state index contributed by atoms with van der Waals surface area (Å²) in [6.07, 6.45) is 1.80. The van der Waals surface area contributed by atoms with Crippen molar-refractivity contribution in [1.82, 2.24) is 15.5 Å². The van der Waals surface area contributed by atoms with E-state index in [-0.39, 0.29) is 18.6 Å². The third-order valence-corrected chi connectivity index (χ3v) is 4.71. The van der Waals surface area contributed by atoms with Crippen molar-refractivity contribution in [3.8, 4) is 0 Å². The summed E-state index contributed by atoms with van der Waals surface area (Å²) in [6, 6.07) is 7.67. The van der Waals surface area contributed by atoms with E-state index in [1.807, 2.05) is 29.6 Å². The lowest BCUT2D eigenvalue weighted by atomic mass is 10.1. The van der Waals surface area contributed by atoms with Crippen LogP contribution in [0.25, 0.3) is 10.1 Å². The maximum Gasteiger partial charge on any atom is 0.255 e. The van der Waals surface area contributed by atoms with Crippen LogP contribution < -0.4 is 5.32 Å². The summed E-state index contributed by atoms with van der Waals surface area (Å²) in [5.41, 5.74) is 0.624. The number of hydrogen-bond acceptors (Lipinski definition) is 6. The van der Waals surface area contributed by atoms with E-state index in [0.29, 0.717) is 17.3 Å². The molecule has 0 radical (unpaired) electrons. The Morgan fingerprint density at radius 2 is 2.35 bits per heavy atom. The monoisotopic (exact) mass is 329 g/mol. The lowest BCUT2D eigenvalue weighted by molar-refractivity contribution is 0.0835. The van der Waals surface area contributed by atoms with Crippen molar-refractivity contribution >= 4 is 27.3 Å². The van der Waals surface area contributed by atoms with Crippen molar-refractivity contribution in [3.63, 3.8) is 0 Å². The zero-order valence-corrected chi connectivity index (χ0v) is 13.1. The SMILES string of the molecule is O=C(NCc1noc([C@H]2CCCO2)n1)c1ccc2sccc2c1. The molecule has 0 aliphatic carbocycles. The Morgan fingerprint density at radius 3 is 3.22 bits per heavy atom. The van der Waals surface area contributed by atoms with Gasteiger partial charge in [0.1, 0.15) is 6.10 Å². The molecule has 1 fully saturated rings. The van der Waals surface area contributed by atoms with Crippen molar-refractivity contribution in [2.45, 2.75) is 25.5 Å². The molecule has 23 heavy (non-hydrogen) atoms. The minimum Gasteiger partial charge on any atom is -0.368 e. The Labute approximate surface area is 136 Å². The zero-order chi connectivity index (χ0) is 15.6. The summed E-state index contributed by atoms with van der Waals surface area (Å²) in [7, 11) is 0. The lowest BCUT2D eigenvalue weighted by Crippen LogP contribution is -2.23. The van der Waals surface area contributed by atoms with E-state index in [1.54, 1.807) is 11.3 Å². The normalized spacial score (nSPS) is 17.7. The molecule has 3 heterocycles. The first-order chi connectivity index (χ1) is 11.3. The van der Waals surface area contributed by atoms with Gasteiger partial charge in [-0.1, -0.05) is 5.16 Å². The average Bonchev–Trinajstić information content (AvgIpc) is 3.32. The summed E-state index contributed by atoms with van der Waals surface area (Å²) in [5, 5.41) is 9.79. The molecule has 1 saturated heterocycles. The summed E-state index contributed by atoms with van der Waals surface area (Å²) in [6.45, 7) is 0.959. The molecule has 0 bridgehead atoms. The van der Waals surface area contributed by atoms with Gasteiger partial charge in [0.05, 0.1) is 6.54 Å². The fourth-order valence-corrected chi connectivity index (χ4v) is 3.38. The van der Waals surface area contributed by atoms with Crippen LogP contribution >= 0.6 is 11.3 Å². The van der Waals surface area contributed by atoms with E-state index in [9.17, 15) is 4.79 Å². The van der Waals surface area contributed by atoms with Gasteiger partial charge in [-0.05, 0) is 47.9 Å². The van der Waals surface area contributed by atoms with Gasteiger partial charge < -0.3 is 14.6 Å². The van der Waals surface area contributed by atoms with Crippen molar-refractivity contribution in [1.29, 1.82) is 0 Å². The largest absolute Gasteiger partial charge is 0.368 e. The molecule has 1 aromatic carbocycles. The quantitative estimate of drug-likeness (QED) is 0.796. The maximum atomic E-state index is 12.2. The molecule has 6 nitrogen and oxygen atoms in total. The molecule has 1 aliphatic rings. The average molecular weight is 329 g/mol. The Hall–Kier alpha value is -2.25. The molecule has 0 spiro atoms. The second-order valence-electron chi connectivity index (χ2n) is 5.41. The molecular weight excluding hydrogens is 314 g/mol. The van der Waals surface area contributed by atoms with Gasteiger partial charge in [-0.25, -0.2) is 0 Å². The number of carbonyl (C=O) groups excluding carboxylic acids is 1. The van der Waals surface area contributed by atoms with Crippen LogP contribution in [0.15, 0.2) is 34.2 Å². The van der Waals surface area contributed by atoms with Gasteiger partial charge in [-0.15, -0.1) is 11.3 Å². The van der Waals surface area contributed by atoms with Crippen LogP contribution in [0, 0.1) is 0 Å². The predicted octanol–water partition coefficient (Wildman–Crippen LogP) is 3.07. The molecule has 3 aromatic rings. The van der Waals surface area contributed by atoms with Gasteiger partial charge in [0.2, 0.25) is 0 Å². The highest BCUT2D eigenvalue weighted by Gasteiger charge is 2.23. The van der Waals surface area contributed by atoms with E-state index in [4.69, 9.17) is 9.26 Å². The molecule has 1 aliphatic heterocycles. The van der Waals surface area contributed by atoms with Crippen molar-refractivity contribution < 1.29 is 14.1 Å². The second kappa shape index (κ2) is 6.10. The van der Waals surface area contributed by atoms with Crippen LogP contribution in [0.3, 0.4) is 0 Å². The zero-order valence-electron chi connectivity index (χ0n) is 12.3. The van der Waals surface area contributed by atoms with Gasteiger partial charge in [-0.3, -0.25) is 4.79 Å². The highest BCUT2D eigenvalue weighted by atomic mass is 32.1. The number of carbonyl (C=O) groups is 1. The maximum absolute atomic E-state index is 12.2. The second-order valence-corrected chi connectivity index (χ2v) is 6.35. The van der Waals surface area contributed by atoms with E-state index >= 15 is 0 Å². The number of nitrogens with one attached hydrogen (secondary N) is 1. The molecule has 4 rings (SSSR count).